The molecule has 3 N–H and O–H groups in total. The lowest BCUT2D eigenvalue weighted by Gasteiger charge is -2.15. The molecule has 0 aliphatic rings. The Morgan fingerprint density at radius 1 is 1.40 bits per heavy atom. The summed E-state index contributed by atoms with van der Waals surface area (Å²) in [5.74, 6) is 0.632. The van der Waals surface area contributed by atoms with Gasteiger partial charge in [0.2, 0.25) is 5.91 Å². The molecule has 1 atom stereocenters. The maximum Gasteiger partial charge on any atom is 0.223 e. The molecule has 4 nitrogen and oxygen atoms in total. The van der Waals surface area contributed by atoms with Gasteiger partial charge in [-0.1, -0.05) is 32.4 Å². The molecule has 1 aromatic carbocycles. The van der Waals surface area contributed by atoms with Gasteiger partial charge in [-0.2, -0.15) is 0 Å². The summed E-state index contributed by atoms with van der Waals surface area (Å²) in [6, 6.07) is 5.47. The molecule has 0 aliphatic heterocycles. The summed E-state index contributed by atoms with van der Waals surface area (Å²) in [6.07, 6.45) is 0. The molecular weight excluding hydrogens is 276 g/mol. The highest BCUT2D eigenvalue weighted by molar-refractivity contribution is 6.30. The van der Waals surface area contributed by atoms with Crippen LogP contribution in [0.4, 0.5) is 0 Å². The van der Waals surface area contributed by atoms with Crippen molar-refractivity contribution in [1.29, 1.82) is 0 Å². The smallest absolute Gasteiger partial charge is 0.223 e. The van der Waals surface area contributed by atoms with Crippen LogP contribution in [0.2, 0.25) is 5.02 Å². The van der Waals surface area contributed by atoms with E-state index >= 15 is 0 Å². The number of hydrogen-bond acceptors (Lipinski definition) is 3. The second kappa shape index (κ2) is 8.12. The van der Waals surface area contributed by atoms with E-state index in [4.69, 9.17) is 22.1 Å². The zero-order valence-electron chi connectivity index (χ0n) is 12.3. The molecule has 0 spiro atoms. The van der Waals surface area contributed by atoms with Crippen LogP contribution in [-0.4, -0.2) is 19.1 Å². The molecule has 0 heterocycles. The van der Waals surface area contributed by atoms with Crippen molar-refractivity contribution in [2.45, 2.75) is 27.3 Å². The summed E-state index contributed by atoms with van der Waals surface area (Å²) < 4.78 is 5.67. The maximum atomic E-state index is 11.0. The lowest BCUT2D eigenvalue weighted by atomic mass is 10.1. The van der Waals surface area contributed by atoms with Crippen molar-refractivity contribution in [1.82, 2.24) is 5.32 Å². The monoisotopic (exact) mass is 298 g/mol. The minimum Gasteiger partial charge on any atom is -0.492 e. The molecule has 1 rings (SSSR count). The van der Waals surface area contributed by atoms with Crippen LogP contribution >= 0.6 is 11.6 Å². The van der Waals surface area contributed by atoms with Crippen molar-refractivity contribution in [2.24, 2.45) is 17.6 Å². The number of ether oxygens (including phenoxy) is 1. The molecule has 5 heteroatoms. The first-order chi connectivity index (χ1) is 9.40. The van der Waals surface area contributed by atoms with Gasteiger partial charge in [0.05, 0.1) is 12.5 Å². The van der Waals surface area contributed by atoms with E-state index in [9.17, 15) is 4.79 Å². The van der Waals surface area contributed by atoms with Gasteiger partial charge < -0.3 is 15.8 Å². The molecule has 20 heavy (non-hydrogen) atoms. The Labute approximate surface area is 125 Å². The lowest BCUT2D eigenvalue weighted by Crippen LogP contribution is -2.26. The third-order valence-corrected chi connectivity index (χ3v) is 3.10. The predicted octanol–water partition coefficient (Wildman–Crippen LogP) is 2.59. The highest BCUT2D eigenvalue weighted by Gasteiger charge is 2.11. The Hall–Kier alpha value is -1.26. The third-order valence-electron chi connectivity index (χ3n) is 2.87. The fraction of sp³-hybridized carbons (Fsp3) is 0.533. The molecule has 1 aromatic rings. The van der Waals surface area contributed by atoms with E-state index in [0.717, 1.165) is 17.9 Å². The van der Waals surface area contributed by atoms with E-state index in [0.29, 0.717) is 17.5 Å². The molecule has 0 saturated carbocycles. The van der Waals surface area contributed by atoms with Gasteiger partial charge in [0.15, 0.2) is 0 Å². The van der Waals surface area contributed by atoms with Gasteiger partial charge in [-0.05, 0) is 30.7 Å². The summed E-state index contributed by atoms with van der Waals surface area (Å²) >= 11 is 6.01. The molecule has 0 radical (unpaired) electrons. The fourth-order valence-corrected chi connectivity index (χ4v) is 1.81. The normalized spacial score (nSPS) is 12.4. The van der Waals surface area contributed by atoms with Gasteiger partial charge in [0.25, 0.3) is 0 Å². The van der Waals surface area contributed by atoms with E-state index in [1.807, 2.05) is 12.1 Å². The molecular formula is C15H23ClN2O2. The van der Waals surface area contributed by atoms with Gasteiger partial charge in [-0.15, -0.1) is 0 Å². The van der Waals surface area contributed by atoms with Gasteiger partial charge in [0, 0.05) is 17.1 Å². The van der Waals surface area contributed by atoms with Crippen LogP contribution in [-0.2, 0) is 11.3 Å². The second-order valence-corrected chi connectivity index (χ2v) is 5.83. The Kier molecular flexibility index (Phi) is 6.82. The molecule has 1 unspecified atom stereocenters. The maximum absolute atomic E-state index is 11.0. The van der Waals surface area contributed by atoms with Crippen LogP contribution < -0.4 is 15.8 Å². The van der Waals surface area contributed by atoms with Gasteiger partial charge in [-0.25, -0.2) is 0 Å². The summed E-state index contributed by atoms with van der Waals surface area (Å²) in [5, 5.41) is 4.02. The molecule has 0 aliphatic carbocycles. The lowest BCUT2D eigenvalue weighted by molar-refractivity contribution is -0.122. The molecule has 112 valence electrons. The first kappa shape index (κ1) is 16.8. The predicted molar refractivity (Wildman–Crippen MR) is 81.9 cm³/mol. The average molecular weight is 299 g/mol. The minimum absolute atomic E-state index is 0.272. The van der Waals surface area contributed by atoms with E-state index < -0.39 is 0 Å². The van der Waals surface area contributed by atoms with Crippen molar-refractivity contribution in [3.63, 3.8) is 0 Å². The summed E-state index contributed by atoms with van der Waals surface area (Å²) in [4.78, 5) is 11.0. The Morgan fingerprint density at radius 2 is 2.10 bits per heavy atom. The highest BCUT2D eigenvalue weighted by Crippen LogP contribution is 2.23. The van der Waals surface area contributed by atoms with Gasteiger partial charge in [0.1, 0.15) is 5.75 Å². The molecule has 0 aromatic heterocycles. The van der Waals surface area contributed by atoms with Gasteiger partial charge in [-0.3, -0.25) is 4.79 Å². The summed E-state index contributed by atoms with van der Waals surface area (Å²) in [5.41, 5.74) is 6.20. The van der Waals surface area contributed by atoms with Crippen LogP contribution in [0.1, 0.15) is 26.3 Å². The van der Waals surface area contributed by atoms with Crippen LogP contribution in [0.3, 0.4) is 0 Å². The summed E-state index contributed by atoms with van der Waals surface area (Å²) in [6.45, 7) is 7.92. The number of rotatable bonds is 8. The molecule has 0 fully saturated rings. The Balaban J connectivity index is 2.66. The SMILES string of the molecule is CC(C)CNCc1cc(Cl)ccc1OCC(C)C(N)=O. The molecule has 0 bridgehead atoms. The zero-order chi connectivity index (χ0) is 15.1. The standard InChI is InChI=1S/C15H23ClN2O2/c1-10(2)7-18-8-12-6-13(16)4-5-14(12)20-9-11(3)15(17)19/h4-6,10-11,18H,7-9H2,1-3H3,(H2,17,19). The van der Waals surface area contributed by atoms with Crippen LogP contribution in [0.15, 0.2) is 18.2 Å². The Morgan fingerprint density at radius 3 is 2.70 bits per heavy atom. The second-order valence-electron chi connectivity index (χ2n) is 5.39. The number of hydrogen-bond donors (Lipinski definition) is 2. The van der Waals surface area contributed by atoms with E-state index in [1.165, 1.54) is 0 Å². The van der Waals surface area contributed by atoms with Crippen LogP contribution in [0.25, 0.3) is 0 Å². The van der Waals surface area contributed by atoms with Gasteiger partial charge >= 0.3 is 0 Å². The van der Waals surface area contributed by atoms with Crippen molar-refractivity contribution >= 4 is 17.5 Å². The van der Waals surface area contributed by atoms with Crippen LogP contribution in [0, 0.1) is 11.8 Å². The first-order valence-electron chi connectivity index (χ1n) is 6.81. The largest absolute Gasteiger partial charge is 0.492 e. The number of primary amides is 1. The number of benzene rings is 1. The number of carbonyl (C=O) groups excluding carboxylic acids is 1. The van der Waals surface area contributed by atoms with Crippen LogP contribution in [0.5, 0.6) is 5.75 Å². The topological polar surface area (TPSA) is 64.3 Å². The minimum atomic E-state index is -0.363. The van der Waals surface area contributed by atoms with E-state index in [-0.39, 0.29) is 18.4 Å². The fourth-order valence-electron chi connectivity index (χ4n) is 1.62. The number of nitrogens with one attached hydrogen (secondary N) is 1. The van der Waals surface area contributed by atoms with E-state index in [1.54, 1.807) is 13.0 Å². The number of amides is 1. The average Bonchev–Trinajstić information content (AvgIpc) is 2.36. The molecule has 1 amide bonds. The quantitative estimate of drug-likeness (QED) is 0.775. The van der Waals surface area contributed by atoms with Crippen molar-refractivity contribution < 1.29 is 9.53 Å². The van der Waals surface area contributed by atoms with Crippen molar-refractivity contribution in [2.75, 3.05) is 13.2 Å². The van der Waals surface area contributed by atoms with Crippen molar-refractivity contribution in [3.8, 4) is 5.75 Å². The first-order valence-corrected chi connectivity index (χ1v) is 7.19. The number of halogens is 1. The Bertz CT molecular complexity index is 449. The van der Waals surface area contributed by atoms with Crippen molar-refractivity contribution in [3.05, 3.63) is 28.8 Å². The number of carbonyl (C=O) groups is 1. The highest BCUT2D eigenvalue weighted by atomic mass is 35.5. The molecule has 0 saturated heterocycles. The summed E-state index contributed by atoms with van der Waals surface area (Å²) in [7, 11) is 0. The zero-order valence-corrected chi connectivity index (χ0v) is 13.0. The third kappa shape index (κ3) is 5.80. The van der Waals surface area contributed by atoms with E-state index in [2.05, 4.69) is 19.2 Å². The number of nitrogens with two attached hydrogens (primary N) is 1.